The number of piperidine rings is 1. The SMILES string of the molecule is Cc1cc(-c2cc(C)[nH]n2)nc([C@@H]2CCCCN2S(=O)(=O)N(C)C)n1. The molecule has 0 bridgehead atoms. The quantitative estimate of drug-likeness (QED) is 0.893. The van der Waals surface area contributed by atoms with Gasteiger partial charge in [-0.25, -0.2) is 9.97 Å². The smallest absolute Gasteiger partial charge is 0.282 e. The van der Waals surface area contributed by atoms with E-state index >= 15 is 0 Å². The number of nitrogens with one attached hydrogen (secondary N) is 1. The Balaban J connectivity index is 2.03. The van der Waals surface area contributed by atoms with Crippen molar-refractivity contribution < 1.29 is 8.42 Å². The second kappa shape index (κ2) is 6.81. The Bertz CT molecular complexity index is 861. The molecule has 1 aliphatic heterocycles. The van der Waals surface area contributed by atoms with Crippen LogP contribution in [0.25, 0.3) is 11.4 Å². The Hall–Kier alpha value is -1.84. The van der Waals surface area contributed by atoms with Crippen LogP contribution in [-0.2, 0) is 10.2 Å². The van der Waals surface area contributed by atoms with E-state index in [1.807, 2.05) is 26.0 Å². The molecule has 0 unspecified atom stereocenters. The second-order valence-electron chi connectivity index (χ2n) is 6.60. The van der Waals surface area contributed by atoms with Gasteiger partial charge in [0.05, 0.1) is 11.7 Å². The highest BCUT2D eigenvalue weighted by Gasteiger charge is 2.36. The van der Waals surface area contributed by atoms with Crippen molar-refractivity contribution in [1.29, 1.82) is 0 Å². The van der Waals surface area contributed by atoms with Crippen LogP contribution in [0.3, 0.4) is 0 Å². The lowest BCUT2D eigenvalue weighted by atomic mass is 10.0. The van der Waals surface area contributed by atoms with Gasteiger partial charge in [0.25, 0.3) is 10.2 Å². The number of hydrogen-bond acceptors (Lipinski definition) is 5. The molecule has 1 aliphatic rings. The van der Waals surface area contributed by atoms with Gasteiger partial charge in [0, 0.05) is 32.0 Å². The summed E-state index contributed by atoms with van der Waals surface area (Å²) in [5.41, 5.74) is 3.19. The summed E-state index contributed by atoms with van der Waals surface area (Å²) in [6.07, 6.45) is 2.52. The summed E-state index contributed by atoms with van der Waals surface area (Å²) < 4.78 is 28.2. The van der Waals surface area contributed by atoms with E-state index in [0.717, 1.165) is 36.3 Å². The molecule has 1 atom stereocenters. The molecular formula is C16H24N6O2S. The molecule has 0 spiro atoms. The molecule has 1 fully saturated rings. The van der Waals surface area contributed by atoms with Gasteiger partial charge in [0.2, 0.25) is 0 Å². The van der Waals surface area contributed by atoms with Crippen LogP contribution in [0.15, 0.2) is 12.1 Å². The first kappa shape index (κ1) is 18.0. The van der Waals surface area contributed by atoms with E-state index in [1.54, 1.807) is 14.1 Å². The maximum absolute atomic E-state index is 12.7. The fourth-order valence-corrected chi connectivity index (χ4v) is 4.37. The van der Waals surface area contributed by atoms with Gasteiger partial charge in [-0.2, -0.15) is 22.1 Å². The molecule has 3 heterocycles. The first-order valence-corrected chi connectivity index (χ1v) is 9.76. The molecule has 0 aromatic carbocycles. The van der Waals surface area contributed by atoms with E-state index in [9.17, 15) is 8.42 Å². The van der Waals surface area contributed by atoms with Crippen molar-refractivity contribution in [2.45, 2.75) is 39.2 Å². The Morgan fingerprint density at radius 1 is 1.16 bits per heavy atom. The number of nitrogens with zero attached hydrogens (tertiary/aromatic N) is 5. The zero-order chi connectivity index (χ0) is 18.2. The predicted molar refractivity (Wildman–Crippen MR) is 95.0 cm³/mol. The highest BCUT2D eigenvalue weighted by Crippen LogP contribution is 2.33. The molecule has 9 heteroatoms. The molecule has 0 radical (unpaired) electrons. The van der Waals surface area contributed by atoms with E-state index in [4.69, 9.17) is 0 Å². The summed E-state index contributed by atoms with van der Waals surface area (Å²) in [5, 5.41) is 7.16. The third-order valence-corrected chi connectivity index (χ3v) is 6.30. The predicted octanol–water partition coefficient (Wildman–Crippen LogP) is 1.82. The molecule has 0 saturated carbocycles. The Labute approximate surface area is 148 Å². The van der Waals surface area contributed by atoms with Crippen molar-refractivity contribution in [3.63, 3.8) is 0 Å². The summed E-state index contributed by atoms with van der Waals surface area (Å²) in [6.45, 7) is 4.30. The highest BCUT2D eigenvalue weighted by molar-refractivity contribution is 7.86. The summed E-state index contributed by atoms with van der Waals surface area (Å²) in [4.78, 5) is 9.18. The standard InChI is InChI=1S/C16H24N6O2S/c1-11-9-13(14-10-12(2)19-20-14)18-16(17-11)15-7-5-6-8-22(15)25(23,24)21(3)4/h9-10,15H,5-8H2,1-4H3,(H,19,20)/t15-/m0/s1. The minimum atomic E-state index is -3.52. The maximum atomic E-state index is 12.7. The zero-order valence-electron chi connectivity index (χ0n) is 15.0. The fourth-order valence-electron chi connectivity index (χ4n) is 3.07. The largest absolute Gasteiger partial charge is 0.282 e. The van der Waals surface area contributed by atoms with Gasteiger partial charge in [0.15, 0.2) is 0 Å². The number of aromatic nitrogens is 4. The Morgan fingerprint density at radius 2 is 1.92 bits per heavy atom. The van der Waals surface area contributed by atoms with Gasteiger partial charge in [0.1, 0.15) is 11.5 Å². The number of hydrogen-bond donors (Lipinski definition) is 1. The minimum Gasteiger partial charge on any atom is -0.282 e. The molecule has 2 aromatic heterocycles. The summed E-state index contributed by atoms with van der Waals surface area (Å²) >= 11 is 0. The molecule has 2 aromatic rings. The number of aromatic amines is 1. The first-order valence-electron chi connectivity index (χ1n) is 8.36. The van der Waals surface area contributed by atoms with Gasteiger partial charge in [-0.1, -0.05) is 6.42 Å². The van der Waals surface area contributed by atoms with Gasteiger partial charge < -0.3 is 0 Å². The zero-order valence-corrected chi connectivity index (χ0v) is 15.8. The number of rotatable bonds is 4. The average Bonchev–Trinajstić information content (AvgIpc) is 3.00. The maximum Gasteiger partial charge on any atom is 0.282 e. The van der Waals surface area contributed by atoms with Crippen molar-refractivity contribution >= 4 is 10.2 Å². The molecule has 3 rings (SSSR count). The van der Waals surface area contributed by atoms with E-state index in [1.165, 1.54) is 8.61 Å². The molecule has 136 valence electrons. The van der Waals surface area contributed by atoms with Crippen molar-refractivity contribution in [3.8, 4) is 11.4 Å². The monoisotopic (exact) mass is 364 g/mol. The van der Waals surface area contributed by atoms with Crippen LogP contribution in [0.1, 0.15) is 42.5 Å². The molecule has 8 nitrogen and oxygen atoms in total. The van der Waals surface area contributed by atoms with Crippen LogP contribution in [-0.4, -0.2) is 57.8 Å². The normalized spacial score (nSPS) is 19.5. The second-order valence-corrected chi connectivity index (χ2v) is 8.70. The number of aryl methyl sites for hydroxylation is 2. The molecule has 1 N–H and O–H groups in total. The van der Waals surface area contributed by atoms with Gasteiger partial charge in [-0.05, 0) is 38.8 Å². The van der Waals surface area contributed by atoms with Crippen molar-refractivity contribution in [2.75, 3.05) is 20.6 Å². The lowest BCUT2D eigenvalue weighted by Crippen LogP contribution is -2.45. The van der Waals surface area contributed by atoms with Gasteiger partial charge >= 0.3 is 0 Å². The molecule has 0 aliphatic carbocycles. The molecule has 0 amide bonds. The van der Waals surface area contributed by atoms with Crippen LogP contribution < -0.4 is 0 Å². The summed E-state index contributed by atoms with van der Waals surface area (Å²) in [5.74, 6) is 0.542. The number of H-pyrrole nitrogens is 1. The molecular weight excluding hydrogens is 340 g/mol. The van der Waals surface area contributed by atoms with Crippen LogP contribution in [0.5, 0.6) is 0 Å². The van der Waals surface area contributed by atoms with Crippen molar-refractivity contribution in [2.24, 2.45) is 0 Å². The van der Waals surface area contributed by atoms with Crippen LogP contribution >= 0.6 is 0 Å². The third kappa shape index (κ3) is 3.58. The molecule has 25 heavy (non-hydrogen) atoms. The van der Waals surface area contributed by atoms with E-state index in [0.29, 0.717) is 18.1 Å². The van der Waals surface area contributed by atoms with Crippen molar-refractivity contribution in [1.82, 2.24) is 28.8 Å². The van der Waals surface area contributed by atoms with Crippen molar-refractivity contribution in [3.05, 3.63) is 29.3 Å². The van der Waals surface area contributed by atoms with Crippen LogP contribution in [0, 0.1) is 13.8 Å². The average molecular weight is 364 g/mol. The lowest BCUT2D eigenvalue weighted by Gasteiger charge is -2.35. The lowest BCUT2D eigenvalue weighted by molar-refractivity contribution is 0.234. The first-order chi connectivity index (χ1) is 11.8. The fraction of sp³-hybridized carbons (Fsp3) is 0.562. The van der Waals surface area contributed by atoms with Gasteiger partial charge in [-0.15, -0.1) is 0 Å². The third-order valence-electron chi connectivity index (χ3n) is 4.35. The Kier molecular flexibility index (Phi) is 4.90. The van der Waals surface area contributed by atoms with E-state index < -0.39 is 10.2 Å². The summed E-state index contributed by atoms with van der Waals surface area (Å²) in [7, 11) is -0.415. The van der Waals surface area contributed by atoms with E-state index in [-0.39, 0.29) is 6.04 Å². The highest BCUT2D eigenvalue weighted by atomic mass is 32.2. The topological polar surface area (TPSA) is 95.1 Å². The van der Waals surface area contributed by atoms with Crippen LogP contribution in [0.4, 0.5) is 0 Å². The molecule has 1 saturated heterocycles. The minimum absolute atomic E-state index is 0.347. The van der Waals surface area contributed by atoms with Gasteiger partial charge in [-0.3, -0.25) is 5.10 Å². The Morgan fingerprint density at radius 3 is 2.56 bits per heavy atom. The van der Waals surface area contributed by atoms with E-state index in [2.05, 4.69) is 20.2 Å². The van der Waals surface area contributed by atoms with Crippen LogP contribution in [0.2, 0.25) is 0 Å². The summed E-state index contributed by atoms with van der Waals surface area (Å²) in [6, 6.07) is 3.44.